The number of H-pyrrole nitrogens is 2. The first-order valence-electron chi connectivity index (χ1n) is 9.22. The van der Waals surface area contributed by atoms with Gasteiger partial charge in [0.1, 0.15) is 5.82 Å². The van der Waals surface area contributed by atoms with E-state index in [1.807, 2.05) is 0 Å². The molecule has 0 saturated heterocycles. The summed E-state index contributed by atoms with van der Waals surface area (Å²) in [7, 11) is -3.91. The number of nitrogens with two attached hydrogens (primary N) is 1. The van der Waals surface area contributed by atoms with Crippen LogP contribution in [0.3, 0.4) is 0 Å². The van der Waals surface area contributed by atoms with Crippen LogP contribution in [0.5, 0.6) is 0 Å². The Morgan fingerprint density at radius 3 is 2.44 bits per heavy atom. The monoisotopic (exact) mass is 454 g/mol. The number of aromatic amines is 2. The number of carbonyl (C=O) groups excluding carboxylic acids is 1. The highest BCUT2D eigenvalue weighted by Crippen LogP contribution is 2.19. The third-order valence-electron chi connectivity index (χ3n) is 4.37. The molecule has 0 atom stereocenters. The number of nitrogens with one attached hydrogen (secondary N) is 5. The number of hydrogen-bond donors (Lipinski definition) is 6. The number of carbonyl (C=O) groups is 1. The SMILES string of the molecule is Cc1cc(NNC(=O)c2ccc(NS(=O)(=O)c3ccc4[nH]c(=O)[nH]c4c3)cc2)nc(N)n1. The first-order chi connectivity index (χ1) is 15.2. The lowest BCUT2D eigenvalue weighted by Crippen LogP contribution is -2.30. The number of nitrogen functional groups attached to an aromatic ring is 1. The molecule has 164 valence electrons. The van der Waals surface area contributed by atoms with Crippen molar-refractivity contribution < 1.29 is 13.2 Å². The second-order valence-electron chi connectivity index (χ2n) is 6.80. The molecule has 4 aromatic rings. The molecule has 2 aromatic heterocycles. The van der Waals surface area contributed by atoms with Gasteiger partial charge in [-0.3, -0.25) is 20.4 Å². The highest BCUT2D eigenvalue weighted by molar-refractivity contribution is 7.92. The summed E-state index contributed by atoms with van der Waals surface area (Å²) in [5.41, 5.74) is 12.3. The van der Waals surface area contributed by atoms with Crippen LogP contribution in [0.15, 0.2) is 58.2 Å². The van der Waals surface area contributed by atoms with Crippen LogP contribution >= 0.6 is 0 Å². The minimum atomic E-state index is -3.91. The summed E-state index contributed by atoms with van der Waals surface area (Å²) in [6.45, 7) is 1.74. The predicted molar refractivity (Wildman–Crippen MR) is 118 cm³/mol. The Labute approximate surface area is 181 Å². The molecule has 2 heterocycles. The summed E-state index contributed by atoms with van der Waals surface area (Å²) in [6.07, 6.45) is 0. The van der Waals surface area contributed by atoms with Crippen LogP contribution in [0.4, 0.5) is 17.5 Å². The van der Waals surface area contributed by atoms with Gasteiger partial charge in [0.25, 0.3) is 15.9 Å². The number of aryl methyl sites for hydroxylation is 1. The van der Waals surface area contributed by atoms with Crippen molar-refractivity contribution in [3.8, 4) is 0 Å². The van der Waals surface area contributed by atoms with Crippen molar-refractivity contribution >= 4 is 44.4 Å². The van der Waals surface area contributed by atoms with Gasteiger partial charge in [-0.05, 0) is 49.4 Å². The maximum absolute atomic E-state index is 12.7. The van der Waals surface area contributed by atoms with Crippen LogP contribution in [0.1, 0.15) is 16.1 Å². The number of anilines is 3. The van der Waals surface area contributed by atoms with Gasteiger partial charge >= 0.3 is 5.69 Å². The van der Waals surface area contributed by atoms with Gasteiger partial charge in [-0.25, -0.2) is 18.2 Å². The van der Waals surface area contributed by atoms with Gasteiger partial charge in [-0.1, -0.05) is 0 Å². The molecule has 13 heteroatoms. The molecule has 32 heavy (non-hydrogen) atoms. The zero-order chi connectivity index (χ0) is 22.9. The number of sulfonamides is 1. The van der Waals surface area contributed by atoms with Gasteiger partial charge < -0.3 is 15.7 Å². The molecule has 0 radical (unpaired) electrons. The summed E-state index contributed by atoms with van der Waals surface area (Å²) in [5.74, 6) is -0.0648. The Kier molecular flexibility index (Phi) is 5.24. The third-order valence-corrected chi connectivity index (χ3v) is 5.75. The Balaban J connectivity index is 1.44. The fraction of sp³-hybridized carbons (Fsp3) is 0.0526. The Morgan fingerprint density at radius 2 is 1.72 bits per heavy atom. The molecular weight excluding hydrogens is 436 g/mol. The normalized spacial score (nSPS) is 11.3. The molecule has 0 aliphatic rings. The number of nitrogens with zero attached hydrogens (tertiary/aromatic N) is 2. The van der Waals surface area contributed by atoms with E-state index in [2.05, 4.69) is 35.5 Å². The first-order valence-corrected chi connectivity index (χ1v) is 10.7. The van der Waals surface area contributed by atoms with E-state index in [0.717, 1.165) is 0 Å². The molecule has 2 aromatic carbocycles. The fourth-order valence-corrected chi connectivity index (χ4v) is 4.02. The fourth-order valence-electron chi connectivity index (χ4n) is 2.93. The van der Waals surface area contributed by atoms with E-state index >= 15 is 0 Å². The molecule has 12 nitrogen and oxygen atoms in total. The van der Waals surface area contributed by atoms with Gasteiger partial charge in [0.15, 0.2) is 0 Å². The van der Waals surface area contributed by atoms with E-state index in [4.69, 9.17) is 5.73 Å². The Morgan fingerprint density at radius 1 is 1.00 bits per heavy atom. The number of aromatic nitrogens is 4. The molecule has 1 amide bonds. The molecule has 0 spiro atoms. The number of amides is 1. The summed E-state index contributed by atoms with van der Waals surface area (Å²) in [4.78, 5) is 36.6. The van der Waals surface area contributed by atoms with Crippen molar-refractivity contribution in [3.63, 3.8) is 0 Å². The summed E-state index contributed by atoms with van der Waals surface area (Å²) < 4.78 is 27.8. The molecule has 7 N–H and O–H groups in total. The van der Waals surface area contributed by atoms with E-state index in [1.54, 1.807) is 13.0 Å². The van der Waals surface area contributed by atoms with Gasteiger partial charge in [-0.15, -0.1) is 0 Å². The van der Waals surface area contributed by atoms with Crippen LogP contribution in [0, 0.1) is 6.92 Å². The second kappa shape index (κ2) is 8.03. The lowest BCUT2D eigenvalue weighted by atomic mass is 10.2. The topological polar surface area (TPSA) is 188 Å². The maximum atomic E-state index is 12.7. The minimum Gasteiger partial charge on any atom is -0.368 e. The zero-order valence-corrected chi connectivity index (χ0v) is 17.4. The molecule has 0 saturated carbocycles. The van der Waals surface area contributed by atoms with Crippen LogP contribution in [0.2, 0.25) is 0 Å². The van der Waals surface area contributed by atoms with Crippen LogP contribution in [0.25, 0.3) is 11.0 Å². The second-order valence-corrected chi connectivity index (χ2v) is 8.48. The molecule has 0 fully saturated rings. The minimum absolute atomic E-state index is 0.0225. The zero-order valence-electron chi connectivity index (χ0n) is 16.6. The van der Waals surface area contributed by atoms with Gasteiger partial charge in [-0.2, -0.15) is 4.98 Å². The molecular formula is C19H18N8O4S. The summed E-state index contributed by atoms with van der Waals surface area (Å²) >= 11 is 0. The van der Waals surface area contributed by atoms with Gasteiger partial charge in [0.05, 0.1) is 15.9 Å². The van der Waals surface area contributed by atoms with Crippen molar-refractivity contribution in [3.05, 3.63) is 70.3 Å². The lowest BCUT2D eigenvalue weighted by Gasteiger charge is -2.10. The quantitative estimate of drug-likeness (QED) is 0.233. The highest BCUT2D eigenvalue weighted by Gasteiger charge is 2.16. The molecule has 4 rings (SSSR count). The number of imidazole rings is 1. The van der Waals surface area contributed by atoms with Crippen LogP contribution in [-0.4, -0.2) is 34.3 Å². The first kappa shape index (κ1) is 20.9. The number of hydrogen-bond acceptors (Lipinski definition) is 8. The van der Waals surface area contributed by atoms with Crippen molar-refractivity contribution in [1.82, 2.24) is 25.4 Å². The number of benzene rings is 2. The van der Waals surface area contributed by atoms with E-state index < -0.39 is 21.6 Å². The average molecular weight is 454 g/mol. The number of fused-ring (bicyclic) bond motifs is 1. The largest absolute Gasteiger partial charge is 0.368 e. The predicted octanol–water partition coefficient (Wildman–Crippen LogP) is 1.09. The Hall–Kier alpha value is -4.39. The summed E-state index contributed by atoms with van der Waals surface area (Å²) in [5, 5.41) is 0. The van der Waals surface area contributed by atoms with E-state index in [1.165, 1.54) is 42.5 Å². The number of hydrazine groups is 1. The van der Waals surface area contributed by atoms with E-state index in [-0.39, 0.29) is 22.1 Å². The van der Waals surface area contributed by atoms with Crippen molar-refractivity contribution in [2.24, 2.45) is 0 Å². The van der Waals surface area contributed by atoms with Crippen molar-refractivity contribution in [2.75, 3.05) is 15.9 Å². The standard InChI is InChI=1S/C19H18N8O4S/c1-10-8-16(24-18(20)21-10)25-26-17(28)11-2-4-12(5-3-11)27-32(30,31)13-6-7-14-15(9-13)23-19(29)22-14/h2-9,27H,1H3,(H,26,28)(H2,22,23,29)(H3,20,21,24,25). The van der Waals surface area contributed by atoms with Gasteiger partial charge in [0, 0.05) is 23.0 Å². The van der Waals surface area contributed by atoms with Gasteiger partial charge in [0.2, 0.25) is 5.95 Å². The molecule has 0 bridgehead atoms. The van der Waals surface area contributed by atoms with Crippen molar-refractivity contribution in [1.29, 1.82) is 0 Å². The average Bonchev–Trinajstić information content (AvgIpc) is 3.11. The molecule has 0 aliphatic heterocycles. The molecule has 0 unspecified atom stereocenters. The smallest absolute Gasteiger partial charge is 0.323 e. The summed E-state index contributed by atoms with van der Waals surface area (Å²) in [6, 6.07) is 11.7. The van der Waals surface area contributed by atoms with Crippen LogP contribution in [-0.2, 0) is 10.0 Å². The van der Waals surface area contributed by atoms with E-state index in [9.17, 15) is 18.0 Å². The third kappa shape index (κ3) is 4.52. The van der Waals surface area contributed by atoms with Crippen LogP contribution < -0.4 is 27.0 Å². The van der Waals surface area contributed by atoms with E-state index in [0.29, 0.717) is 22.5 Å². The Bertz CT molecular complexity index is 1460. The maximum Gasteiger partial charge on any atom is 0.323 e. The number of rotatable bonds is 6. The highest BCUT2D eigenvalue weighted by atomic mass is 32.2. The van der Waals surface area contributed by atoms with Crippen molar-refractivity contribution in [2.45, 2.75) is 11.8 Å². The lowest BCUT2D eigenvalue weighted by molar-refractivity contribution is 0.0962. The molecule has 0 aliphatic carbocycles.